The standard InChI is InChI=1S/C18H21N3O3/c1-14(22)21(13-16-6-3-4-10-19-16)11-9-18(23)20-15-7-5-8-17(12-15)24-2/h3-8,10,12H,9,11,13H2,1-2H3,(H,20,23). The van der Waals surface area contributed by atoms with Gasteiger partial charge in [0, 0.05) is 37.8 Å². The summed E-state index contributed by atoms with van der Waals surface area (Å²) >= 11 is 0. The van der Waals surface area contributed by atoms with E-state index in [0.29, 0.717) is 24.5 Å². The summed E-state index contributed by atoms with van der Waals surface area (Å²) in [5.74, 6) is 0.429. The lowest BCUT2D eigenvalue weighted by atomic mass is 10.2. The molecule has 0 aliphatic heterocycles. The predicted molar refractivity (Wildman–Crippen MR) is 91.6 cm³/mol. The second kappa shape index (κ2) is 8.67. The van der Waals surface area contributed by atoms with Gasteiger partial charge in [-0.25, -0.2) is 0 Å². The Morgan fingerprint density at radius 3 is 2.71 bits per heavy atom. The molecule has 1 heterocycles. The van der Waals surface area contributed by atoms with Gasteiger partial charge in [-0.2, -0.15) is 0 Å². The van der Waals surface area contributed by atoms with Gasteiger partial charge in [0.2, 0.25) is 11.8 Å². The maximum absolute atomic E-state index is 12.1. The monoisotopic (exact) mass is 327 g/mol. The van der Waals surface area contributed by atoms with E-state index >= 15 is 0 Å². The van der Waals surface area contributed by atoms with Gasteiger partial charge in [0.25, 0.3) is 0 Å². The lowest BCUT2D eigenvalue weighted by molar-refractivity contribution is -0.130. The Kier molecular flexibility index (Phi) is 6.31. The van der Waals surface area contributed by atoms with Crippen molar-refractivity contribution in [2.75, 3.05) is 19.0 Å². The van der Waals surface area contributed by atoms with E-state index in [4.69, 9.17) is 4.74 Å². The van der Waals surface area contributed by atoms with Gasteiger partial charge in [0.05, 0.1) is 19.3 Å². The number of hydrogen-bond donors (Lipinski definition) is 1. The van der Waals surface area contributed by atoms with Gasteiger partial charge < -0.3 is 15.0 Å². The summed E-state index contributed by atoms with van der Waals surface area (Å²) in [7, 11) is 1.57. The van der Waals surface area contributed by atoms with Gasteiger partial charge in [0.1, 0.15) is 5.75 Å². The Morgan fingerprint density at radius 1 is 1.21 bits per heavy atom. The van der Waals surface area contributed by atoms with Crippen LogP contribution in [0.1, 0.15) is 19.0 Å². The molecule has 0 fully saturated rings. The average Bonchev–Trinajstić information content (AvgIpc) is 2.59. The van der Waals surface area contributed by atoms with Gasteiger partial charge >= 0.3 is 0 Å². The molecule has 2 rings (SSSR count). The highest BCUT2D eigenvalue weighted by atomic mass is 16.5. The highest BCUT2D eigenvalue weighted by Gasteiger charge is 2.12. The summed E-state index contributed by atoms with van der Waals surface area (Å²) in [6.45, 7) is 2.22. The van der Waals surface area contributed by atoms with Crippen LogP contribution in [0.4, 0.5) is 5.69 Å². The molecule has 0 aliphatic carbocycles. The number of anilines is 1. The van der Waals surface area contributed by atoms with E-state index in [1.807, 2.05) is 18.2 Å². The lowest BCUT2D eigenvalue weighted by Gasteiger charge is -2.20. The summed E-state index contributed by atoms with van der Waals surface area (Å²) in [4.78, 5) is 29.6. The molecule has 126 valence electrons. The van der Waals surface area contributed by atoms with Crippen LogP contribution in [0.15, 0.2) is 48.7 Å². The SMILES string of the molecule is COc1cccc(NC(=O)CCN(Cc2ccccn2)C(C)=O)c1. The van der Waals surface area contributed by atoms with Crippen molar-refractivity contribution < 1.29 is 14.3 Å². The van der Waals surface area contributed by atoms with E-state index < -0.39 is 0 Å². The number of nitrogens with one attached hydrogen (secondary N) is 1. The van der Waals surface area contributed by atoms with E-state index in [9.17, 15) is 9.59 Å². The van der Waals surface area contributed by atoms with Gasteiger partial charge in [-0.15, -0.1) is 0 Å². The van der Waals surface area contributed by atoms with Crippen molar-refractivity contribution in [1.29, 1.82) is 0 Å². The van der Waals surface area contributed by atoms with Gasteiger partial charge in [-0.3, -0.25) is 14.6 Å². The highest BCUT2D eigenvalue weighted by Crippen LogP contribution is 2.16. The number of benzene rings is 1. The van der Waals surface area contributed by atoms with Crippen molar-refractivity contribution in [3.05, 3.63) is 54.4 Å². The lowest BCUT2D eigenvalue weighted by Crippen LogP contribution is -2.31. The Balaban J connectivity index is 1.89. The van der Waals surface area contributed by atoms with Crippen LogP contribution in [0.3, 0.4) is 0 Å². The van der Waals surface area contributed by atoms with Crippen LogP contribution in [-0.4, -0.2) is 35.4 Å². The number of amides is 2. The first-order valence-electron chi connectivity index (χ1n) is 7.68. The molecular formula is C18H21N3O3. The van der Waals surface area contributed by atoms with Crippen molar-refractivity contribution in [1.82, 2.24) is 9.88 Å². The summed E-state index contributed by atoms with van der Waals surface area (Å²) in [5, 5.41) is 2.80. The second-order valence-electron chi connectivity index (χ2n) is 5.29. The molecule has 1 N–H and O–H groups in total. The normalized spacial score (nSPS) is 10.1. The van der Waals surface area contributed by atoms with Crippen LogP contribution in [0, 0.1) is 0 Å². The fraction of sp³-hybridized carbons (Fsp3) is 0.278. The van der Waals surface area contributed by atoms with E-state index in [0.717, 1.165) is 5.69 Å². The van der Waals surface area contributed by atoms with Crippen LogP contribution in [0.2, 0.25) is 0 Å². The molecule has 1 aromatic heterocycles. The first-order chi connectivity index (χ1) is 11.6. The molecule has 0 aliphatic rings. The molecule has 2 amide bonds. The fourth-order valence-corrected chi connectivity index (χ4v) is 2.20. The molecule has 0 spiro atoms. The Morgan fingerprint density at radius 2 is 2.04 bits per heavy atom. The Labute approximate surface area is 141 Å². The van der Waals surface area contributed by atoms with Crippen LogP contribution < -0.4 is 10.1 Å². The number of ether oxygens (including phenoxy) is 1. The van der Waals surface area contributed by atoms with Crippen LogP contribution in [0.25, 0.3) is 0 Å². The van der Waals surface area contributed by atoms with E-state index in [2.05, 4.69) is 10.3 Å². The number of methoxy groups -OCH3 is 1. The summed E-state index contributed by atoms with van der Waals surface area (Å²) in [6, 6.07) is 12.7. The average molecular weight is 327 g/mol. The molecule has 0 atom stereocenters. The van der Waals surface area contributed by atoms with Crippen LogP contribution in [-0.2, 0) is 16.1 Å². The Bertz CT molecular complexity index is 689. The quantitative estimate of drug-likeness (QED) is 0.848. The third-order valence-corrected chi connectivity index (χ3v) is 3.49. The fourth-order valence-electron chi connectivity index (χ4n) is 2.20. The Hall–Kier alpha value is -2.89. The molecule has 0 unspecified atom stereocenters. The van der Waals surface area contributed by atoms with Gasteiger partial charge in [-0.05, 0) is 24.3 Å². The zero-order valence-corrected chi connectivity index (χ0v) is 13.9. The molecule has 6 heteroatoms. The third kappa shape index (κ3) is 5.39. The molecule has 24 heavy (non-hydrogen) atoms. The van der Waals surface area contributed by atoms with E-state index in [-0.39, 0.29) is 18.2 Å². The van der Waals surface area contributed by atoms with Crippen molar-refractivity contribution in [3.8, 4) is 5.75 Å². The van der Waals surface area contributed by atoms with E-state index in [1.165, 1.54) is 6.92 Å². The van der Waals surface area contributed by atoms with Crippen LogP contribution >= 0.6 is 0 Å². The van der Waals surface area contributed by atoms with Gasteiger partial charge in [0.15, 0.2) is 0 Å². The molecule has 1 aromatic carbocycles. The number of aromatic nitrogens is 1. The summed E-state index contributed by atoms with van der Waals surface area (Å²) in [6.07, 6.45) is 1.90. The smallest absolute Gasteiger partial charge is 0.226 e. The zero-order chi connectivity index (χ0) is 17.4. The number of hydrogen-bond acceptors (Lipinski definition) is 4. The highest BCUT2D eigenvalue weighted by molar-refractivity contribution is 5.91. The van der Waals surface area contributed by atoms with Gasteiger partial charge in [-0.1, -0.05) is 12.1 Å². The number of carbonyl (C=O) groups is 2. The maximum Gasteiger partial charge on any atom is 0.226 e. The third-order valence-electron chi connectivity index (χ3n) is 3.49. The number of carbonyl (C=O) groups excluding carboxylic acids is 2. The van der Waals surface area contributed by atoms with E-state index in [1.54, 1.807) is 42.5 Å². The predicted octanol–water partition coefficient (Wildman–Crippen LogP) is 2.47. The molecule has 0 radical (unpaired) electrons. The largest absolute Gasteiger partial charge is 0.497 e. The number of nitrogens with zero attached hydrogens (tertiary/aromatic N) is 2. The molecule has 0 saturated carbocycles. The van der Waals surface area contributed by atoms with Crippen molar-refractivity contribution in [3.63, 3.8) is 0 Å². The minimum atomic E-state index is -0.157. The second-order valence-corrected chi connectivity index (χ2v) is 5.29. The number of rotatable bonds is 7. The van der Waals surface area contributed by atoms with Crippen molar-refractivity contribution in [2.24, 2.45) is 0 Å². The summed E-state index contributed by atoms with van der Waals surface area (Å²) < 4.78 is 5.12. The maximum atomic E-state index is 12.1. The molecule has 6 nitrogen and oxygen atoms in total. The molecule has 0 saturated heterocycles. The van der Waals surface area contributed by atoms with Crippen LogP contribution in [0.5, 0.6) is 5.75 Å². The molecular weight excluding hydrogens is 306 g/mol. The zero-order valence-electron chi connectivity index (χ0n) is 13.9. The minimum Gasteiger partial charge on any atom is -0.497 e. The molecule has 2 aromatic rings. The minimum absolute atomic E-state index is 0.0881. The molecule has 0 bridgehead atoms. The first kappa shape index (κ1) is 17.5. The van der Waals surface area contributed by atoms with Crippen molar-refractivity contribution >= 4 is 17.5 Å². The number of pyridine rings is 1. The first-order valence-corrected chi connectivity index (χ1v) is 7.68. The summed E-state index contributed by atoms with van der Waals surface area (Å²) in [5.41, 5.74) is 1.46. The van der Waals surface area contributed by atoms with Crippen molar-refractivity contribution in [2.45, 2.75) is 19.9 Å². The topological polar surface area (TPSA) is 71.5 Å².